The van der Waals surface area contributed by atoms with Crippen LogP contribution in [0.4, 0.5) is 0 Å². The molecule has 20 heavy (non-hydrogen) atoms. The van der Waals surface area contributed by atoms with Crippen LogP contribution in [-0.4, -0.2) is 54.1 Å². The van der Waals surface area contributed by atoms with Gasteiger partial charge in [0.25, 0.3) is 0 Å². The van der Waals surface area contributed by atoms with Gasteiger partial charge in [-0.1, -0.05) is 0 Å². The van der Waals surface area contributed by atoms with Crippen LogP contribution >= 0.6 is 11.3 Å². The van der Waals surface area contributed by atoms with E-state index < -0.39 is 5.97 Å². The van der Waals surface area contributed by atoms with E-state index in [1.54, 1.807) is 17.4 Å². The lowest BCUT2D eigenvalue weighted by molar-refractivity contribution is -0.131. The zero-order valence-corrected chi connectivity index (χ0v) is 12.9. The molecule has 110 valence electrons. The molecule has 1 aliphatic heterocycles. The number of rotatable bonds is 6. The fourth-order valence-electron chi connectivity index (χ4n) is 2.64. The highest BCUT2D eigenvalue weighted by Gasteiger charge is 2.22. The average molecular weight is 294 g/mol. The summed E-state index contributed by atoms with van der Waals surface area (Å²) in [6, 6.07) is 2.74. The number of carbonyl (C=O) groups is 1. The maximum absolute atomic E-state index is 10.5. The monoisotopic (exact) mass is 294 g/mol. The van der Waals surface area contributed by atoms with Gasteiger partial charge >= 0.3 is 5.97 Å². The molecular weight excluding hydrogens is 272 g/mol. The molecule has 1 aromatic rings. The molecule has 2 heterocycles. The van der Waals surface area contributed by atoms with Crippen molar-refractivity contribution in [3.63, 3.8) is 0 Å². The molecule has 0 radical (unpaired) electrons. The summed E-state index contributed by atoms with van der Waals surface area (Å²) in [7, 11) is 4.35. The third kappa shape index (κ3) is 4.44. The number of carboxylic acids is 1. The fraction of sp³-hybridized carbons (Fsp3) is 0.533. The molecule has 0 amide bonds. The van der Waals surface area contributed by atoms with Crippen molar-refractivity contribution in [3.8, 4) is 0 Å². The standard InChI is InChI=1S/C15H22N2O2S/c1-16(9-13-4-3-7-17(13)2)10-14-8-12(11-20-14)5-6-15(18)19/h5-6,8,11,13H,3-4,7,9-10H2,1-2H3,(H,18,19). The average Bonchev–Trinajstić information content (AvgIpc) is 2.97. The molecule has 1 aliphatic rings. The quantitative estimate of drug-likeness (QED) is 0.818. The molecule has 0 aromatic carbocycles. The first-order valence-electron chi connectivity index (χ1n) is 6.92. The van der Waals surface area contributed by atoms with Gasteiger partial charge in [0.15, 0.2) is 0 Å². The number of likely N-dealkylation sites (N-methyl/N-ethyl adjacent to an activating group) is 2. The summed E-state index contributed by atoms with van der Waals surface area (Å²) in [5, 5.41) is 10.6. The van der Waals surface area contributed by atoms with E-state index in [4.69, 9.17) is 5.11 Å². The summed E-state index contributed by atoms with van der Waals surface area (Å²) >= 11 is 1.69. The second kappa shape index (κ2) is 7.02. The molecule has 0 saturated carbocycles. The molecule has 5 heteroatoms. The van der Waals surface area contributed by atoms with Crippen molar-refractivity contribution in [2.24, 2.45) is 0 Å². The second-order valence-electron chi connectivity index (χ2n) is 5.49. The van der Waals surface area contributed by atoms with Gasteiger partial charge in [-0.2, -0.15) is 0 Å². The van der Waals surface area contributed by atoms with E-state index >= 15 is 0 Å². The minimum Gasteiger partial charge on any atom is -0.478 e. The Kier molecular flexibility index (Phi) is 5.34. The third-order valence-corrected chi connectivity index (χ3v) is 4.65. The molecule has 0 spiro atoms. The van der Waals surface area contributed by atoms with E-state index in [1.165, 1.54) is 30.3 Å². The summed E-state index contributed by atoms with van der Waals surface area (Å²) < 4.78 is 0. The van der Waals surface area contributed by atoms with Crippen molar-refractivity contribution in [2.45, 2.75) is 25.4 Å². The highest BCUT2D eigenvalue weighted by atomic mass is 32.1. The largest absolute Gasteiger partial charge is 0.478 e. The van der Waals surface area contributed by atoms with Gasteiger partial charge < -0.3 is 10.0 Å². The molecular formula is C15H22N2O2S. The van der Waals surface area contributed by atoms with Crippen LogP contribution in [0.1, 0.15) is 23.3 Å². The molecule has 4 nitrogen and oxygen atoms in total. The predicted molar refractivity (Wildman–Crippen MR) is 83.0 cm³/mol. The van der Waals surface area contributed by atoms with Gasteiger partial charge in [0.2, 0.25) is 0 Å². The zero-order chi connectivity index (χ0) is 14.5. The number of nitrogens with zero attached hydrogens (tertiary/aromatic N) is 2. The zero-order valence-electron chi connectivity index (χ0n) is 12.1. The maximum atomic E-state index is 10.5. The van der Waals surface area contributed by atoms with Crippen molar-refractivity contribution in [1.29, 1.82) is 0 Å². The summed E-state index contributed by atoms with van der Waals surface area (Å²) in [6.07, 6.45) is 5.42. The van der Waals surface area contributed by atoms with E-state index in [9.17, 15) is 4.79 Å². The van der Waals surface area contributed by atoms with E-state index in [-0.39, 0.29) is 0 Å². The summed E-state index contributed by atoms with van der Waals surface area (Å²) in [4.78, 5) is 16.5. The summed E-state index contributed by atoms with van der Waals surface area (Å²) in [5.74, 6) is -0.904. The Morgan fingerprint density at radius 3 is 3.10 bits per heavy atom. The lowest BCUT2D eigenvalue weighted by atomic mass is 10.2. The van der Waals surface area contributed by atoms with Crippen LogP contribution in [0.15, 0.2) is 17.5 Å². The Labute approximate surface area is 124 Å². The number of likely N-dealkylation sites (tertiary alicyclic amines) is 1. The van der Waals surface area contributed by atoms with Crippen LogP contribution < -0.4 is 0 Å². The van der Waals surface area contributed by atoms with Crippen molar-refractivity contribution in [2.75, 3.05) is 27.2 Å². The van der Waals surface area contributed by atoms with Crippen molar-refractivity contribution < 1.29 is 9.90 Å². The first kappa shape index (κ1) is 15.2. The van der Waals surface area contributed by atoms with Crippen LogP contribution in [0.25, 0.3) is 6.08 Å². The van der Waals surface area contributed by atoms with Crippen LogP contribution in [0, 0.1) is 0 Å². The number of hydrogen-bond acceptors (Lipinski definition) is 4. The summed E-state index contributed by atoms with van der Waals surface area (Å²) in [6.45, 7) is 3.23. The van der Waals surface area contributed by atoms with Crippen LogP contribution in [-0.2, 0) is 11.3 Å². The minimum atomic E-state index is -0.904. The first-order chi connectivity index (χ1) is 9.54. The third-order valence-electron chi connectivity index (χ3n) is 3.71. The highest BCUT2D eigenvalue weighted by Crippen LogP contribution is 2.20. The molecule has 1 fully saturated rings. The Balaban J connectivity index is 1.85. The van der Waals surface area contributed by atoms with Crippen molar-refractivity contribution in [1.82, 2.24) is 9.80 Å². The van der Waals surface area contributed by atoms with Gasteiger partial charge in [0.1, 0.15) is 0 Å². The van der Waals surface area contributed by atoms with Gasteiger partial charge in [-0.3, -0.25) is 4.90 Å². The smallest absolute Gasteiger partial charge is 0.328 e. The van der Waals surface area contributed by atoms with Crippen molar-refractivity contribution >= 4 is 23.4 Å². The summed E-state index contributed by atoms with van der Waals surface area (Å²) in [5.41, 5.74) is 0.971. The van der Waals surface area contributed by atoms with Crippen LogP contribution in [0.5, 0.6) is 0 Å². The lowest BCUT2D eigenvalue weighted by Crippen LogP contribution is -2.36. The van der Waals surface area contributed by atoms with Gasteiger partial charge in [-0.05, 0) is 56.6 Å². The van der Waals surface area contributed by atoms with Gasteiger partial charge in [0, 0.05) is 30.1 Å². The Morgan fingerprint density at radius 2 is 2.45 bits per heavy atom. The Morgan fingerprint density at radius 1 is 1.65 bits per heavy atom. The normalized spacial score (nSPS) is 20.2. The Hall–Kier alpha value is -1.17. The molecule has 1 aromatic heterocycles. The minimum absolute atomic E-state index is 0.673. The second-order valence-corrected chi connectivity index (χ2v) is 6.49. The number of aliphatic carboxylic acids is 1. The highest BCUT2D eigenvalue weighted by molar-refractivity contribution is 7.10. The molecule has 1 atom stereocenters. The van der Waals surface area contributed by atoms with Crippen LogP contribution in [0.3, 0.4) is 0 Å². The number of thiophene rings is 1. The van der Waals surface area contributed by atoms with Crippen molar-refractivity contribution in [3.05, 3.63) is 28.0 Å². The molecule has 0 aliphatic carbocycles. The SMILES string of the molecule is CN(Cc1cc(C=CC(=O)O)cs1)CC1CCCN1C. The van der Waals surface area contributed by atoms with Gasteiger partial charge in [0.05, 0.1) is 0 Å². The number of hydrogen-bond donors (Lipinski definition) is 1. The number of carboxylic acid groups (broad SMARTS) is 1. The van der Waals surface area contributed by atoms with Crippen LogP contribution in [0.2, 0.25) is 0 Å². The first-order valence-corrected chi connectivity index (χ1v) is 7.80. The van der Waals surface area contributed by atoms with Gasteiger partial charge in [-0.25, -0.2) is 4.79 Å². The molecule has 1 unspecified atom stereocenters. The lowest BCUT2D eigenvalue weighted by Gasteiger charge is -2.25. The van der Waals surface area contributed by atoms with E-state index in [1.807, 2.05) is 5.38 Å². The molecule has 2 rings (SSSR count). The van der Waals surface area contributed by atoms with Gasteiger partial charge in [-0.15, -0.1) is 11.3 Å². The maximum Gasteiger partial charge on any atom is 0.328 e. The molecule has 1 N–H and O–H groups in total. The topological polar surface area (TPSA) is 43.8 Å². The van der Waals surface area contributed by atoms with E-state index in [2.05, 4.69) is 30.0 Å². The Bertz CT molecular complexity index is 484. The molecule has 1 saturated heterocycles. The molecule has 0 bridgehead atoms. The predicted octanol–water partition coefficient (Wildman–Crippen LogP) is 2.37. The van der Waals surface area contributed by atoms with E-state index in [0.29, 0.717) is 6.04 Å². The van der Waals surface area contributed by atoms with E-state index in [0.717, 1.165) is 18.7 Å². The fourth-order valence-corrected chi connectivity index (χ4v) is 3.57.